The minimum Gasteiger partial charge on any atom is -0.492 e. The molecule has 3 N–H and O–H groups in total. The lowest BCUT2D eigenvalue weighted by molar-refractivity contribution is -0.119. The van der Waals surface area contributed by atoms with Crippen LogP contribution in [-0.4, -0.2) is 24.0 Å². The molecule has 1 amide bonds. The second-order valence-corrected chi connectivity index (χ2v) is 3.79. The second-order valence-electron chi connectivity index (χ2n) is 3.79. The fraction of sp³-hybridized carbons (Fsp3) is 0.455. The Kier molecular flexibility index (Phi) is 2.94. The standard InChI is InChI=1S/C11H15N3O2/c1-2-16-9-4-8(12)6-14-11(9)7-3-10(15)13-5-7/h4,6-7H,2-3,5,12H2,1H3,(H,13,15)/t7-/m1/s1. The van der Waals surface area contributed by atoms with Gasteiger partial charge in [-0.3, -0.25) is 9.78 Å². The molecule has 2 rings (SSSR count). The quantitative estimate of drug-likeness (QED) is 0.786. The maximum atomic E-state index is 11.2. The molecular formula is C11H15N3O2. The van der Waals surface area contributed by atoms with E-state index in [1.807, 2.05) is 6.92 Å². The molecule has 5 heteroatoms. The minimum absolute atomic E-state index is 0.0612. The molecule has 0 radical (unpaired) electrons. The smallest absolute Gasteiger partial charge is 0.220 e. The van der Waals surface area contributed by atoms with Gasteiger partial charge in [0.25, 0.3) is 0 Å². The summed E-state index contributed by atoms with van der Waals surface area (Å²) >= 11 is 0. The number of aromatic nitrogens is 1. The van der Waals surface area contributed by atoms with Crippen molar-refractivity contribution in [3.8, 4) is 5.75 Å². The number of ether oxygens (including phenoxy) is 1. The van der Waals surface area contributed by atoms with Crippen LogP contribution in [-0.2, 0) is 4.79 Å². The number of hydrogen-bond donors (Lipinski definition) is 2. The lowest BCUT2D eigenvalue weighted by Crippen LogP contribution is -2.14. The fourth-order valence-electron chi connectivity index (χ4n) is 1.85. The van der Waals surface area contributed by atoms with E-state index in [1.165, 1.54) is 0 Å². The Labute approximate surface area is 94.0 Å². The van der Waals surface area contributed by atoms with E-state index in [0.29, 0.717) is 31.0 Å². The molecule has 0 unspecified atom stereocenters. The highest BCUT2D eigenvalue weighted by molar-refractivity contribution is 5.79. The number of hydrogen-bond acceptors (Lipinski definition) is 4. The van der Waals surface area contributed by atoms with Crippen LogP contribution in [0.5, 0.6) is 5.75 Å². The Bertz CT molecular complexity index is 406. The van der Waals surface area contributed by atoms with E-state index in [9.17, 15) is 4.79 Å². The molecule has 0 saturated carbocycles. The van der Waals surface area contributed by atoms with Crippen LogP contribution in [0.1, 0.15) is 25.0 Å². The first-order valence-corrected chi connectivity index (χ1v) is 5.35. The van der Waals surface area contributed by atoms with Crippen molar-refractivity contribution in [2.24, 2.45) is 0 Å². The summed E-state index contributed by atoms with van der Waals surface area (Å²) in [7, 11) is 0. The highest BCUT2D eigenvalue weighted by Crippen LogP contribution is 2.30. The average molecular weight is 221 g/mol. The molecule has 5 nitrogen and oxygen atoms in total. The van der Waals surface area contributed by atoms with Crippen LogP contribution in [0.4, 0.5) is 5.69 Å². The third-order valence-electron chi connectivity index (χ3n) is 2.57. The van der Waals surface area contributed by atoms with Crippen molar-refractivity contribution in [2.75, 3.05) is 18.9 Å². The van der Waals surface area contributed by atoms with Crippen molar-refractivity contribution in [1.29, 1.82) is 0 Å². The highest BCUT2D eigenvalue weighted by atomic mass is 16.5. The number of nitrogens with two attached hydrogens (primary N) is 1. The first-order valence-electron chi connectivity index (χ1n) is 5.35. The van der Waals surface area contributed by atoms with Crippen LogP contribution in [0.25, 0.3) is 0 Å². The van der Waals surface area contributed by atoms with Gasteiger partial charge in [-0.05, 0) is 6.92 Å². The molecule has 86 valence electrons. The molecular weight excluding hydrogens is 206 g/mol. The van der Waals surface area contributed by atoms with Crippen LogP contribution >= 0.6 is 0 Å². The van der Waals surface area contributed by atoms with Crippen LogP contribution in [0.3, 0.4) is 0 Å². The third kappa shape index (κ3) is 2.08. The van der Waals surface area contributed by atoms with Crippen molar-refractivity contribution >= 4 is 11.6 Å². The molecule has 1 aromatic heterocycles. The van der Waals surface area contributed by atoms with Gasteiger partial charge in [-0.2, -0.15) is 0 Å². The zero-order valence-electron chi connectivity index (χ0n) is 9.19. The van der Waals surface area contributed by atoms with Gasteiger partial charge < -0.3 is 15.8 Å². The van der Waals surface area contributed by atoms with E-state index < -0.39 is 0 Å². The molecule has 1 aliphatic rings. The van der Waals surface area contributed by atoms with Gasteiger partial charge in [-0.15, -0.1) is 0 Å². The molecule has 1 aliphatic heterocycles. The Hall–Kier alpha value is -1.78. The van der Waals surface area contributed by atoms with Gasteiger partial charge in [0.2, 0.25) is 5.91 Å². The van der Waals surface area contributed by atoms with E-state index in [-0.39, 0.29) is 11.8 Å². The normalized spacial score (nSPS) is 19.6. The van der Waals surface area contributed by atoms with E-state index in [2.05, 4.69) is 10.3 Å². The molecule has 1 aromatic rings. The fourth-order valence-corrected chi connectivity index (χ4v) is 1.85. The van der Waals surface area contributed by atoms with Gasteiger partial charge in [0.1, 0.15) is 5.75 Å². The zero-order chi connectivity index (χ0) is 11.5. The van der Waals surface area contributed by atoms with Crippen molar-refractivity contribution in [2.45, 2.75) is 19.3 Å². The van der Waals surface area contributed by atoms with Crippen LogP contribution in [0, 0.1) is 0 Å². The summed E-state index contributed by atoms with van der Waals surface area (Å²) in [5.74, 6) is 0.838. The highest BCUT2D eigenvalue weighted by Gasteiger charge is 2.26. The van der Waals surface area contributed by atoms with E-state index >= 15 is 0 Å². The molecule has 0 bridgehead atoms. The number of carbonyl (C=O) groups excluding carboxylic acids is 1. The average Bonchev–Trinajstić information content (AvgIpc) is 2.65. The van der Waals surface area contributed by atoms with Crippen molar-refractivity contribution in [1.82, 2.24) is 10.3 Å². The molecule has 0 aromatic carbocycles. The molecule has 2 heterocycles. The molecule has 1 atom stereocenters. The number of anilines is 1. The second kappa shape index (κ2) is 4.38. The zero-order valence-corrected chi connectivity index (χ0v) is 9.19. The van der Waals surface area contributed by atoms with Gasteiger partial charge in [0.15, 0.2) is 0 Å². The monoisotopic (exact) mass is 221 g/mol. The van der Waals surface area contributed by atoms with Gasteiger partial charge in [0, 0.05) is 24.9 Å². The van der Waals surface area contributed by atoms with Gasteiger partial charge in [-0.1, -0.05) is 0 Å². The Morgan fingerprint density at radius 1 is 1.69 bits per heavy atom. The molecule has 1 saturated heterocycles. The summed E-state index contributed by atoms with van der Waals surface area (Å²) in [4.78, 5) is 15.4. The van der Waals surface area contributed by atoms with E-state index in [0.717, 1.165) is 5.69 Å². The first-order chi connectivity index (χ1) is 7.70. The first kappa shape index (κ1) is 10.7. The number of nitrogens with one attached hydrogen (secondary N) is 1. The van der Waals surface area contributed by atoms with Crippen molar-refractivity contribution in [3.05, 3.63) is 18.0 Å². The predicted molar refractivity (Wildman–Crippen MR) is 60.2 cm³/mol. The molecule has 0 spiro atoms. The largest absolute Gasteiger partial charge is 0.492 e. The molecule has 1 fully saturated rings. The maximum absolute atomic E-state index is 11.2. The SMILES string of the molecule is CCOc1cc(N)cnc1[C@H]1CNC(=O)C1. The Balaban J connectivity index is 2.28. The summed E-state index contributed by atoms with van der Waals surface area (Å²) in [6.07, 6.45) is 2.07. The molecule has 0 aliphatic carbocycles. The van der Waals surface area contributed by atoms with Gasteiger partial charge >= 0.3 is 0 Å². The summed E-state index contributed by atoms with van der Waals surface area (Å²) in [5.41, 5.74) is 7.05. The van der Waals surface area contributed by atoms with Gasteiger partial charge in [-0.25, -0.2) is 0 Å². The number of nitrogen functional groups attached to an aromatic ring is 1. The van der Waals surface area contributed by atoms with E-state index in [4.69, 9.17) is 10.5 Å². The summed E-state index contributed by atoms with van der Waals surface area (Å²) in [6.45, 7) is 3.09. The number of carbonyl (C=O) groups is 1. The van der Waals surface area contributed by atoms with E-state index in [1.54, 1.807) is 12.3 Å². The number of pyridine rings is 1. The van der Waals surface area contributed by atoms with Crippen LogP contribution in [0.2, 0.25) is 0 Å². The lowest BCUT2D eigenvalue weighted by atomic mass is 10.0. The Morgan fingerprint density at radius 3 is 3.12 bits per heavy atom. The maximum Gasteiger partial charge on any atom is 0.220 e. The topological polar surface area (TPSA) is 77.2 Å². The summed E-state index contributed by atoms with van der Waals surface area (Å²) < 4.78 is 5.48. The summed E-state index contributed by atoms with van der Waals surface area (Å²) in [5, 5.41) is 2.79. The van der Waals surface area contributed by atoms with Crippen molar-refractivity contribution < 1.29 is 9.53 Å². The number of nitrogens with zero attached hydrogens (tertiary/aromatic N) is 1. The third-order valence-corrected chi connectivity index (χ3v) is 2.57. The number of amides is 1. The summed E-state index contributed by atoms with van der Waals surface area (Å²) in [6, 6.07) is 1.76. The van der Waals surface area contributed by atoms with Crippen molar-refractivity contribution in [3.63, 3.8) is 0 Å². The molecule has 16 heavy (non-hydrogen) atoms. The van der Waals surface area contributed by atoms with Crippen LogP contribution in [0.15, 0.2) is 12.3 Å². The lowest BCUT2D eigenvalue weighted by Gasteiger charge is -2.13. The Morgan fingerprint density at radius 2 is 2.50 bits per heavy atom. The van der Waals surface area contributed by atoms with Gasteiger partial charge in [0.05, 0.1) is 24.2 Å². The van der Waals surface area contributed by atoms with Crippen LogP contribution < -0.4 is 15.8 Å². The minimum atomic E-state index is 0.0612. The number of rotatable bonds is 3. The predicted octanol–water partition coefficient (Wildman–Crippen LogP) is 0.666.